The molecule has 5 atom stereocenters. The zero-order chi connectivity index (χ0) is 9.30. The number of hydrogen-bond acceptors (Lipinski definition) is 7. The van der Waals surface area contributed by atoms with Gasteiger partial charge < -0.3 is 36.4 Å². The van der Waals surface area contributed by atoms with Gasteiger partial charge in [0, 0.05) is 0 Å². The van der Waals surface area contributed by atoms with Gasteiger partial charge in [0.15, 0.2) is 6.29 Å². The smallest absolute Gasteiger partial charge is 0.184 e. The van der Waals surface area contributed by atoms with Crippen LogP contribution in [0.4, 0.5) is 0 Å². The van der Waals surface area contributed by atoms with Crippen LogP contribution in [0.5, 0.6) is 0 Å². The number of aliphatic hydroxyl groups is 5. The van der Waals surface area contributed by atoms with Crippen molar-refractivity contribution < 1.29 is 30.3 Å². The molecule has 0 aromatic heterocycles. The van der Waals surface area contributed by atoms with Crippen LogP contribution in [-0.2, 0) is 4.74 Å². The van der Waals surface area contributed by atoms with Crippen LogP contribution < -0.4 is 6.15 Å². The van der Waals surface area contributed by atoms with Gasteiger partial charge >= 0.3 is 0 Å². The lowest BCUT2D eigenvalue weighted by molar-refractivity contribution is -0.286. The zero-order valence-corrected chi connectivity index (χ0v) is 6.95. The topological polar surface area (TPSA) is 145 Å². The van der Waals surface area contributed by atoms with Gasteiger partial charge in [0.1, 0.15) is 24.4 Å². The van der Waals surface area contributed by atoms with Gasteiger partial charge in [-0.2, -0.15) is 0 Å². The Hall–Kier alpha value is -0.280. The second kappa shape index (κ2) is 4.82. The third-order valence-electron chi connectivity index (χ3n) is 1.87. The fourth-order valence-electron chi connectivity index (χ4n) is 1.08. The lowest BCUT2D eigenvalue weighted by atomic mass is 10.00. The summed E-state index contributed by atoms with van der Waals surface area (Å²) in [5.74, 6) is 0. The van der Waals surface area contributed by atoms with Crippen LogP contribution in [-0.4, -0.2) is 62.8 Å². The summed E-state index contributed by atoms with van der Waals surface area (Å²) in [5, 5.41) is 44.7. The Bertz CT molecular complexity index is 151. The molecule has 1 saturated heterocycles. The molecule has 0 amide bonds. The summed E-state index contributed by atoms with van der Waals surface area (Å²) in [6.45, 7) is -0.526. The Morgan fingerprint density at radius 2 is 1.46 bits per heavy atom. The maximum atomic E-state index is 9.12. The van der Waals surface area contributed by atoms with Crippen LogP contribution in [0.15, 0.2) is 0 Å². The summed E-state index contributed by atoms with van der Waals surface area (Å²) < 4.78 is 4.58. The maximum absolute atomic E-state index is 9.12. The molecule has 80 valence electrons. The maximum Gasteiger partial charge on any atom is 0.184 e. The average Bonchev–Trinajstić information content (AvgIpc) is 2.08. The molecule has 0 saturated carbocycles. The van der Waals surface area contributed by atoms with Crippen LogP contribution in [0.25, 0.3) is 0 Å². The van der Waals surface area contributed by atoms with E-state index in [9.17, 15) is 0 Å². The molecule has 1 aliphatic rings. The van der Waals surface area contributed by atoms with E-state index in [0.717, 1.165) is 0 Å². The third-order valence-corrected chi connectivity index (χ3v) is 1.87. The van der Waals surface area contributed by atoms with E-state index in [0.29, 0.717) is 0 Å². The van der Waals surface area contributed by atoms with E-state index < -0.39 is 37.3 Å². The van der Waals surface area contributed by atoms with Crippen LogP contribution >= 0.6 is 0 Å². The van der Waals surface area contributed by atoms with Crippen molar-refractivity contribution in [2.24, 2.45) is 0 Å². The number of aliphatic hydroxyl groups excluding tert-OH is 5. The molecule has 0 unspecified atom stereocenters. The number of hydrogen-bond donors (Lipinski definition) is 6. The standard InChI is InChI=1S/C6H12O6.H3N/c7-1-2-3(8)4(9)5(10)6(11)12-2;/h2-11H,1H2;1H3/t2-,3-,4+,5+,6+;/m1./s1. The molecule has 7 nitrogen and oxygen atoms in total. The van der Waals surface area contributed by atoms with Gasteiger partial charge in [-0.3, -0.25) is 0 Å². The van der Waals surface area contributed by atoms with Crippen LogP contribution in [0.3, 0.4) is 0 Å². The van der Waals surface area contributed by atoms with Gasteiger partial charge in [-0.15, -0.1) is 0 Å². The van der Waals surface area contributed by atoms with Crippen LogP contribution in [0.1, 0.15) is 0 Å². The van der Waals surface area contributed by atoms with E-state index >= 15 is 0 Å². The Morgan fingerprint density at radius 3 is 1.92 bits per heavy atom. The highest BCUT2D eigenvalue weighted by Crippen LogP contribution is 2.18. The van der Waals surface area contributed by atoms with E-state index in [-0.39, 0.29) is 6.15 Å². The van der Waals surface area contributed by atoms with Crippen molar-refractivity contribution in [2.75, 3.05) is 6.61 Å². The van der Waals surface area contributed by atoms with E-state index in [4.69, 9.17) is 25.5 Å². The van der Waals surface area contributed by atoms with E-state index in [1.165, 1.54) is 0 Å². The van der Waals surface area contributed by atoms with Gasteiger partial charge in [-0.05, 0) is 0 Å². The molecular formula is C6H15NO6. The van der Waals surface area contributed by atoms with E-state index in [1.54, 1.807) is 0 Å². The molecule has 1 aliphatic heterocycles. The zero-order valence-electron chi connectivity index (χ0n) is 6.95. The minimum atomic E-state index is -1.57. The molecule has 7 heteroatoms. The van der Waals surface area contributed by atoms with Gasteiger partial charge in [0.2, 0.25) is 0 Å². The highest BCUT2D eigenvalue weighted by Gasteiger charge is 2.42. The summed E-state index contributed by atoms with van der Waals surface area (Å²) in [6, 6.07) is 0. The van der Waals surface area contributed by atoms with Crippen LogP contribution in [0.2, 0.25) is 0 Å². The summed E-state index contributed by atoms with van der Waals surface area (Å²) in [6.07, 6.45) is -7.04. The molecule has 8 N–H and O–H groups in total. The normalized spacial score (nSPS) is 45.5. The first-order chi connectivity index (χ1) is 5.57. The van der Waals surface area contributed by atoms with E-state index in [2.05, 4.69) is 4.74 Å². The lowest BCUT2D eigenvalue weighted by Crippen LogP contribution is -2.58. The van der Waals surface area contributed by atoms with Gasteiger partial charge in [0.25, 0.3) is 0 Å². The number of rotatable bonds is 1. The average molecular weight is 197 g/mol. The molecule has 0 aromatic rings. The Morgan fingerprint density at radius 1 is 0.923 bits per heavy atom. The van der Waals surface area contributed by atoms with E-state index in [1.807, 2.05) is 0 Å². The largest absolute Gasteiger partial charge is 0.394 e. The molecule has 1 fully saturated rings. The fraction of sp³-hybridized carbons (Fsp3) is 1.00. The molecule has 0 aliphatic carbocycles. The van der Waals surface area contributed by atoms with Gasteiger partial charge in [-0.25, -0.2) is 0 Å². The van der Waals surface area contributed by atoms with Crippen molar-refractivity contribution in [3.63, 3.8) is 0 Å². The minimum Gasteiger partial charge on any atom is -0.394 e. The molecule has 1 rings (SSSR count). The van der Waals surface area contributed by atoms with Gasteiger partial charge in [0.05, 0.1) is 6.61 Å². The van der Waals surface area contributed by atoms with Crippen molar-refractivity contribution in [3.8, 4) is 0 Å². The Labute approximate surface area is 74.8 Å². The molecule has 0 aromatic carbocycles. The highest BCUT2D eigenvalue weighted by molar-refractivity contribution is 4.87. The second-order valence-corrected chi connectivity index (χ2v) is 2.72. The summed E-state index contributed by atoms with van der Waals surface area (Å²) in [7, 11) is 0. The first-order valence-corrected chi connectivity index (χ1v) is 3.56. The van der Waals surface area contributed by atoms with Crippen molar-refractivity contribution >= 4 is 0 Å². The summed E-state index contributed by atoms with van der Waals surface area (Å²) in [5.41, 5.74) is 0. The molecule has 13 heavy (non-hydrogen) atoms. The first kappa shape index (κ1) is 12.7. The van der Waals surface area contributed by atoms with Crippen molar-refractivity contribution in [2.45, 2.75) is 30.7 Å². The minimum absolute atomic E-state index is 0. The monoisotopic (exact) mass is 197 g/mol. The molecule has 0 spiro atoms. The van der Waals surface area contributed by atoms with Crippen molar-refractivity contribution in [3.05, 3.63) is 0 Å². The summed E-state index contributed by atoms with van der Waals surface area (Å²) in [4.78, 5) is 0. The highest BCUT2D eigenvalue weighted by atomic mass is 16.6. The lowest BCUT2D eigenvalue weighted by Gasteiger charge is -2.37. The SMILES string of the molecule is N.OC[C@H]1O[C@H](O)[C@@H](O)[C@@H](O)[C@@H]1O. The fourth-order valence-corrected chi connectivity index (χ4v) is 1.08. The quantitative estimate of drug-likeness (QED) is 0.261. The molecular weight excluding hydrogens is 182 g/mol. The Balaban J connectivity index is 0.00000144. The molecule has 0 bridgehead atoms. The molecule has 0 radical (unpaired) electrons. The third kappa shape index (κ3) is 2.35. The Kier molecular flexibility index (Phi) is 4.71. The predicted molar refractivity (Wildman–Crippen MR) is 41.0 cm³/mol. The summed E-state index contributed by atoms with van der Waals surface area (Å²) >= 11 is 0. The predicted octanol–water partition coefficient (Wildman–Crippen LogP) is -3.06. The van der Waals surface area contributed by atoms with Crippen molar-refractivity contribution in [1.29, 1.82) is 0 Å². The first-order valence-electron chi connectivity index (χ1n) is 3.56. The van der Waals surface area contributed by atoms with Crippen molar-refractivity contribution in [1.82, 2.24) is 6.15 Å². The number of ether oxygens (including phenoxy) is 1. The molecule has 1 heterocycles. The van der Waals surface area contributed by atoms with Gasteiger partial charge in [-0.1, -0.05) is 0 Å². The van der Waals surface area contributed by atoms with Crippen LogP contribution in [0, 0.1) is 0 Å². The second-order valence-electron chi connectivity index (χ2n) is 2.72.